The highest BCUT2D eigenvalue weighted by atomic mass is 16.5. The Kier molecular flexibility index (Phi) is 5.66. The number of carbonyl (C=O) groups excluding carboxylic acids is 4. The van der Waals surface area contributed by atoms with Gasteiger partial charge < -0.3 is 10.1 Å². The highest BCUT2D eigenvalue weighted by Crippen LogP contribution is 2.29. The molecule has 2 aromatic carbocycles. The number of hydrogen-bond donors (Lipinski definition) is 1. The van der Waals surface area contributed by atoms with Crippen LogP contribution >= 0.6 is 0 Å². The first-order valence-corrected chi connectivity index (χ1v) is 10.1. The molecule has 7 nitrogen and oxygen atoms in total. The van der Waals surface area contributed by atoms with E-state index in [9.17, 15) is 19.2 Å². The summed E-state index contributed by atoms with van der Waals surface area (Å²) in [5, 5.41) is 2.93. The predicted molar refractivity (Wildman–Crippen MR) is 113 cm³/mol. The maximum atomic E-state index is 12.4. The Morgan fingerprint density at radius 2 is 1.90 bits per heavy atom. The average Bonchev–Trinajstić information content (AvgIpc) is 3.02. The molecule has 0 aromatic heterocycles. The Morgan fingerprint density at radius 3 is 2.71 bits per heavy atom. The molecule has 1 aliphatic carbocycles. The Hall–Kier alpha value is -3.74. The molecule has 0 saturated carbocycles. The van der Waals surface area contributed by atoms with E-state index in [1.807, 2.05) is 18.2 Å². The van der Waals surface area contributed by atoms with Crippen LogP contribution in [0.3, 0.4) is 0 Å². The second kappa shape index (κ2) is 8.55. The number of aryl methyl sites for hydroxylation is 1. The van der Waals surface area contributed by atoms with E-state index >= 15 is 0 Å². The van der Waals surface area contributed by atoms with Crippen LogP contribution in [-0.4, -0.2) is 41.7 Å². The van der Waals surface area contributed by atoms with E-state index in [-0.39, 0.29) is 35.2 Å². The first kappa shape index (κ1) is 20.5. The fourth-order valence-electron chi connectivity index (χ4n) is 4.07. The van der Waals surface area contributed by atoms with Gasteiger partial charge in [-0.25, -0.2) is 4.79 Å². The van der Waals surface area contributed by atoms with Crippen LogP contribution in [0.5, 0.6) is 0 Å². The third-order valence-electron chi connectivity index (χ3n) is 5.56. The monoisotopic (exact) mass is 418 g/mol. The number of fused-ring (bicyclic) bond motifs is 2. The van der Waals surface area contributed by atoms with Gasteiger partial charge in [0.05, 0.1) is 22.7 Å². The van der Waals surface area contributed by atoms with Crippen LogP contribution in [0.15, 0.2) is 55.1 Å². The fraction of sp³-hybridized carbons (Fsp3) is 0.250. The van der Waals surface area contributed by atoms with E-state index in [4.69, 9.17) is 4.74 Å². The highest BCUT2D eigenvalue weighted by Gasteiger charge is 2.35. The zero-order valence-electron chi connectivity index (χ0n) is 16.9. The third kappa shape index (κ3) is 3.99. The topological polar surface area (TPSA) is 92.8 Å². The number of rotatable bonds is 6. The van der Waals surface area contributed by atoms with Crippen molar-refractivity contribution in [3.8, 4) is 0 Å². The Bertz CT molecular complexity index is 1090. The van der Waals surface area contributed by atoms with Gasteiger partial charge in [-0.2, -0.15) is 0 Å². The summed E-state index contributed by atoms with van der Waals surface area (Å²) in [4.78, 5) is 50.5. The summed E-state index contributed by atoms with van der Waals surface area (Å²) in [7, 11) is 0. The van der Waals surface area contributed by atoms with Crippen molar-refractivity contribution in [3.63, 3.8) is 0 Å². The zero-order valence-corrected chi connectivity index (χ0v) is 16.9. The first-order chi connectivity index (χ1) is 15.0. The highest BCUT2D eigenvalue weighted by molar-refractivity contribution is 6.22. The summed E-state index contributed by atoms with van der Waals surface area (Å²) in [6, 6.07) is 12.1. The standard InChI is InChI=1S/C24H22N2O5/c1-2-12-26-22(28)18-11-10-16(13-19(18)23(26)29)24(30)31-14-21(27)25-20-9-5-7-15-6-3-4-8-17(15)20/h2-4,6,8,10-11,13,20H,1,5,7,9,12,14H2,(H,25,27). The van der Waals surface area contributed by atoms with Crippen molar-refractivity contribution < 1.29 is 23.9 Å². The Labute approximate surface area is 179 Å². The molecular weight excluding hydrogens is 396 g/mol. The van der Waals surface area contributed by atoms with Gasteiger partial charge in [-0.1, -0.05) is 30.3 Å². The number of nitrogens with one attached hydrogen (secondary N) is 1. The molecule has 0 spiro atoms. The van der Waals surface area contributed by atoms with E-state index in [1.165, 1.54) is 29.8 Å². The molecule has 158 valence electrons. The lowest BCUT2D eigenvalue weighted by atomic mass is 9.88. The van der Waals surface area contributed by atoms with Crippen LogP contribution in [0.2, 0.25) is 0 Å². The second-order valence-corrected chi connectivity index (χ2v) is 7.56. The van der Waals surface area contributed by atoms with Crippen LogP contribution in [0, 0.1) is 0 Å². The van der Waals surface area contributed by atoms with Crippen molar-refractivity contribution in [1.82, 2.24) is 10.2 Å². The summed E-state index contributed by atoms with van der Waals surface area (Å²) in [5.41, 5.74) is 2.80. The molecule has 1 atom stereocenters. The van der Waals surface area contributed by atoms with Gasteiger partial charge in [0, 0.05) is 6.54 Å². The summed E-state index contributed by atoms with van der Waals surface area (Å²) >= 11 is 0. The second-order valence-electron chi connectivity index (χ2n) is 7.56. The molecule has 0 fully saturated rings. The lowest BCUT2D eigenvalue weighted by Crippen LogP contribution is -2.34. The molecule has 1 aliphatic heterocycles. The maximum absolute atomic E-state index is 12.4. The molecule has 1 unspecified atom stereocenters. The summed E-state index contributed by atoms with van der Waals surface area (Å²) in [6.07, 6.45) is 4.26. The first-order valence-electron chi connectivity index (χ1n) is 10.1. The molecule has 3 amide bonds. The predicted octanol–water partition coefficient (Wildman–Crippen LogP) is 2.82. The fourth-order valence-corrected chi connectivity index (χ4v) is 4.07. The number of benzene rings is 2. The SMILES string of the molecule is C=CCN1C(=O)c2ccc(C(=O)OCC(=O)NC3CCCc4ccccc43)cc2C1=O. The van der Waals surface area contributed by atoms with E-state index in [0.29, 0.717) is 0 Å². The van der Waals surface area contributed by atoms with Gasteiger partial charge in [0.15, 0.2) is 6.61 Å². The van der Waals surface area contributed by atoms with Crippen molar-refractivity contribution >= 4 is 23.7 Å². The quantitative estimate of drug-likeness (QED) is 0.442. The van der Waals surface area contributed by atoms with Crippen molar-refractivity contribution in [2.45, 2.75) is 25.3 Å². The normalized spacial score (nSPS) is 17.0. The molecule has 31 heavy (non-hydrogen) atoms. The van der Waals surface area contributed by atoms with Crippen molar-refractivity contribution in [2.75, 3.05) is 13.2 Å². The van der Waals surface area contributed by atoms with E-state index in [0.717, 1.165) is 29.7 Å². The molecule has 2 aliphatic rings. The molecule has 4 rings (SSSR count). The minimum absolute atomic E-state index is 0.0938. The number of carbonyl (C=O) groups is 4. The number of esters is 1. The molecule has 1 heterocycles. The van der Waals surface area contributed by atoms with E-state index in [2.05, 4.69) is 18.0 Å². The lowest BCUT2D eigenvalue weighted by Gasteiger charge is -2.26. The van der Waals surface area contributed by atoms with Gasteiger partial charge in [0.1, 0.15) is 0 Å². The van der Waals surface area contributed by atoms with Crippen molar-refractivity contribution in [1.29, 1.82) is 0 Å². The Morgan fingerprint density at radius 1 is 1.13 bits per heavy atom. The van der Waals surface area contributed by atoms with Gasteiger partial charge in [0.2, 0.25) is 0 Å². The number of ether oxygens (including phenoxy) is 1. The van der Waals surface area contributed by atoms with Crippen molar-refractivity contribution in [3.05, 3.63) is 82.9 Å². The summed E-state index contributed by atoms with van der Waals surface area (Å²) < 4.78 is 5.14. The molecule has 1 N–H and O–H groups in total. The number of amides is 3. The van der Waals surface area contributed by atoms with Crippen LogP contribution in [0.25, 0.3) is 0 Å². The molecule has 2 aromatic rings. The van der Waals surface area contributed by atoms with Gasteiger partial charge in [-0.3, -0.25) is 19.3 Å². The third-order valence-corrected chi connectivity index (χ3v) is 5.56. The maximum Gasteiger partial charge on any atom is 0.338 e. The molecule has 7 heteroatoms. The van der Waals surface area contributed by atoms with Crippen LogP contribution < -0.4 is 5.32 Å². The number of hydrogen-bond acceptors (Lipinski definition) is 5. The van der Waals surface area contributed by atoms with Gasteiger partial charge in [-0.15, -0.1) is 6.58 Å². The molecule has 0 saturated heterocycles. The van der Waals surface area contributed by atoms with Gasteiger partial charge in [-0.05, 0) is 48.6 Å². The molecule has 0 radical (unpaired) electrons. The van der Waals surface area contributed by atoms with Crippen LogP contribution in [-0.2, 0) is 16.0 Å². The van der Waals surface area contributed by atoms with Gasteiger partial charge >= 0.3 is 5.97 Å². The van der Waals surface area contributed by atoms with Crippen molar-refractivity contribution in [2.24, 2.45) is 0 Å². The summed E-state index contributed by atoms with van der Waals surface area (Å²) in [5.74, 6) is -2.03. The average molecular weight is 418 g/mol. The van der Waals surface area contributed by atoms with E-state index in [1.54, 1.807) is 0 Å². The van der Waals surface area contributed by atoms with Gasteiger partial charge in [0.25, 0.3) is 17.7 Å². The van der Waals surface area contributed by atoms with Crippen LogP contribution in [0.1, 0.15) is 61.1 Å². The summed E-state index contributed by atoms with van der Waals surface area (Å²) in [6.45, 7) is 3.21. The van der Waals surface area contributed by atoms with E-state index < -0.39 is 24.4 Å². The zero-order chi connectivity index (χ0) is 22.0. The number of nitrogens with zero attached hydrogens (tertiary/aromatic N) is 1. The van der Waals surface area contributed by atoms with Crippen LogP contribution in [0.4, 0.5) is 0 Å². The Balaban J connectivity index is 1.38. The molecule has 0 bridgehead atoms. The largest absolute Gasteiger partial charge is 0.452 e. The smallest absolute Gasteiger partial charge is 0.338 e. The number of imide groups is 1. The minimum Gasteiger partial charge on any atom is -0.452 e. The minimum atomic E-state index is -0.732. The lowest BCUT2D eigenvalue weighted by molar-refractivity contribution is -0.125. The molecular formula is C24H22N2O5.